The zero-order valence-corrected chi connectivity index (χ0v) is 20.5. The van der Waals surface area contributed by atoms with Crippen LogP contribution >= 0.6 is 0 Å². The number of likely N-dealkylation sites (tertiary alicyclic amines) is 1. The topological polar surface area (TPSA) is 15.7 Å². The van der Waals surface area contributed by atoms with E-state index >= 15 is 8.78 Å². The third-order valence-electron chi connectivity index (χ3n) is 7.81. The smallest absolute Gasteiger partial charge is 0.401 e. The molecule has 5 rings (SSSR count). The average molecular weight is 507 g/mol. The zero-order valence-electron chi connectivity index (χ0n) is 20.5. The van der Waals surface area contributed by atoms with E-state index in [4.69, 9.17) is 4.74 Å². The SMILES string of the molecule is CCC1CN(CCOc2cc(F)c([C@@H]3C4=C(C[C@@H](C)N3CC(F)(F)F)c3ccccc3C4)c(F)c2)C1. The van der Waals surface area contributed by atoms with Gasteiger partial charge in [-0.15, -0.1) is 0 Å². The number of halogens is 5. The first kappa shape index (κ1) is 25.2. The summed E-state index contributed by atoms with van der Waals surface area (Å²) >= 11 is 0. The lowest BCUT2D eigenvalue weighted by atomic mass is 9.84. The molecule has 8 heteroatoms. The summed E-state index contributed by atoms with van der Waals surface area (Å²) in [6, 6.07) is 8.15. The lowest BCUT2D eigenvalue weighted by molar-refractivity contribution is -0.155. The van der Waals surface area contributed by atoms with Gasteiger partial charge in [0.15, 0.2) is 0 Å². The van der Waals surface area contributed by atoms with Crippen molar-refractivity contribution in [3.8, 4) is 5.75 Å². The lowest BCUT2D eigenvalue weighted by Crippen LogP contribution is -2.47. The predicted octanol–water partition coefficient (Wildman–Crippen LogP) is 6.39. The molecule has 0 bridgehead atoms. The average Bonchev–Trinajstić information content (AvgIpc) is 3.14. The van der Waals surface area contributed by atoms with Crippen LogP contribution in [0.4, 0.5) is 22.0 Å². The second-order valence-corrected chi connectivity index (χ2v) is 10.3. The van der Waals surface area contributed by atoms with E-state index in [0.29, 0.717) is 37.5 Å². The molecular weight excluding hydrogens is 475 g/mol. The Labute approximate surface area is 208 Å². The van der Waals surface area contributed by atoms with Gasteiger partial charge in [-0.3, -0.25) is 9.80 Å². The third-order valence-corrected chi connectivity index (χ3v) is 7.81. The molecule has 36 heavy (non-hydrogen) atoms. The van der Waals surface area contributed by atoms with Crippen molar-refractivity contribution in [2.24, 2.45) is 5.92 Å². The Bertz CT molecular complexity index is 1130. The molecule has 0 radical (unpaired) electrons. The van der Waals surface area contributed by atoms with Gasteiger partial charge < -0.3 is 4.74 Å². The van der Waals surface area contributed by atoms with Crippen LogP contribution in [0.15, 0.2) is 42.0 Å². The second kappa shape index (κ2) is 9.78. The number of benzene rings is 2. The van der Waals surface area contributed by atoms with Crippen molar-refractivity contribution in [2.45, 2.75) is 51.4 Å². The molecule has 0 unspecified atom stereocenters. The van der Waals surface area contributed by atoms with Crippen LogP contribution in [0.2, 0.25) is 0 Å². The molecule has 2 aromatic carbocycles. The van der Waals surface area contributed by atoms with Crippen molar-refractivity contribution in [3.63, 3.8) is 0 Å². The van der Waals surface area contributed by atoms with E-state index < -0.39 is 36.4 Å². The number of hydrogen-bond donors (Lipinski definition) is 0. The van der Waals surface area contributed by atoms with Crippen molar-refractivity contribution in [3.05, 3.63) is 70.3 Å². The maximum Gasteiger partial charge on any atom is 0.401 e. The normalized spacial score (nSPS) is 23.0. The fraction of sp³-hybridized carbons (Fsp3) is 0.500. The van der Waals surface area contributed by atoms with Gasteiger partial charge in [0.25, 0.3) is 0 Å². The third kappa shape index (κ3) is 4.90. The number of ether oxygens (including phenoxy) is 1. The van der Waals surface area contributed by atoms with Crippen molar-refractivity contribution in [1.29, 1.82) is 0 Å². The Morgan fingerprint density at radius 3 is 2.42 bits per heavy atom. The largest absolute Gasteiger partial charge is 0.492 e. The van der Waals surface area contributed by atoms with Crippen LogP contribution < -0.4 is 4.74 Å². The van der Waals surface area contributed by atoms with Crippen LogP contribution in [-0.2, 0) is 6.42 Å². The highest BCUT2D eigenvalue weighted by molar-refractivity contribution is 5.79. The van der Waals surface area contributed by atoms with Crippen molar-refractivity contribution in [1.82, 2.24) is 9.80 Å². The number of rotatable bonds is 7. The highest BCUT2D eigenvalue weighted by atomic mass is 19.4. The van der Waals surface area contributed by atoms with Gasteiger partial charge in [-0.05, 0) is 48.0 Å². The van der Waals surface area contributed by atoms with Crippen LogP contribution in [0.5, 0.6) is 5.75 Å². The Balaban J connectivity index is 1.44. The van der Waals surface area contributed by atoms with E-state index in [1.807, 2.05) is 24.3 Å². The van der Waals surface area contributed by atoms with E-state index in [1.165, 1.54) is 4.90 Å². The van der Waals surface area contributed by atoms with Crippen molar-refractivity contribution in [2.75, 3.05) is 32.8 Å². The summed E-state index contributed by atoms with van der Waals surface area (Å²) in [5.41, 5.74) is 3.15. The van der Waals surface area contributed by atoms with Gasteiger partial charge >= 0.3 is 6.18 Å². The van der Waals surface area contributed by atoms with E-state index in [0.717, 1.165) is 48.3 Å². The molecule has 2 aromatic rings. The van der Waals surface area contributed by atoms with E-state index in [1.54, 1.807) is 6.92 Å². The first-order valence-electron chi connectivity index (χ1n) is 12.6. The molecule has 0 N–H and O–H groups in total. The first-order chi connectivity index (χ1) is 17.1. The molecule has 2 atom stereocenters. The van der Waals surface area contributed by atoms with Gasteiger partial charge in [0.2, 0.25) is 0 Å². The van der Waals surface area contributed by atoms with E-state index in [2.05, 4.69) is 11.8 Å². The number of nitrogens with zero attached hydrogens (tertiary/aromatic N) is 2. The van der Waals surface area contributed by atoms with Crippen LogP contribution in [-0.4, -0.2) is 54.8 Å². The number of hydrogen-bond acceptors (Lipinski definition) is 3. The Morgan fingerprint density at radius 2 is 1.75 bits per heavy atom. The molecule has 2 aliphatic heterocycles. The molecule has 1 saturated heterocycles. The molecule has 0 amide bonds. The van der Waals surface area contributed by atoms with Crippen LogP contribution in [0, 0.1) is 17.6 Å². The zero-order chi connectivity index (χ0) is 25.6. The summed E-state index contributed by atoms with van der Waals surface area (Å²) in [5.74, 6) is -1.02. The fourth-order valence-corrected chi connectivity index (χ4v) is 5.93. The standard InChI is InChI=1S/C28H31F5N2O/c1-3-18-14-34(15-18)8-9-36-20-12-24(29)26(25(30)13-20)27-23-11-19-6-4-5-7-21(19)22(23)10-17(2)35(27)16-28(31,32)33/h4-7,12-13,17-18,27H,3,8-11,14-16H2,1-2H3/t17-,27+/m1/s1. The molecule has 0 spiro atoms. The molecule has 3 nitrogen and oxygen atoms in total. The summed E-state index contributed by atoms with van der Waals surface area (Å²) < 4.78 is 77.4. The van der Waals surface area contributed by atoms with Crippen LogP contribution in [0.3, 0.4) is 0 Å². The quantitative estimate of drug-likeness (QED) is 0.405. The molecule has 0 aromatic heterocycles. The van der Waals surface area contributed by atoms with Crippen LogP contribution in [0.1, 0.15) is 49.4 Å². The maximum absolute atomic E-state index is 15.5. The Hall–Kier alpha value is -2.45. The van der Waals surface area contributed by atoms with Gasteiger partial charge in [0, 0.05) is 43.4 Å². The Morgan fingerprint density at radius 1 is 1.06 bits per heavy atom. The highest BCUT2D eigenvalue weighted by Crippen LogP contribution is 2.50. The lowest BCUT2D eigenvalue weighted by Gasteiger charge is -2.42. The van der Waals surface area contributed by atoms with Crippen LogP contribution in [0.25, 0.3) is 5.57 Å². The molecule has 3 aliphatic rings. The minimum absolute atomic E-state index is 0.0523. The van der Waals surface area contributed by atoms with Gasteiger partial charge in [-0.1, -0.05) is 37.6 Å². The number of alkyl halides is 3. The summed E-state index contributed by atoms with van der Waals surface area (Å²) in [6.07, 6.45) is -2.59. The molecule has 1 fully saturated rings. The summed E-state index contributed by atoms with van der Waals surface area (Å²) in [7, 11) is 0. The number of fused-ring (bicyclic) bond motifs is 2. The van der Waals surface area contributed by atoms with Gasteiger partial charge in [0.1, 0.15) is 24.0 Å². The second-order valence-electron chi connectivity index (χ2n) is 10.3. The summed E-state index contributed by atoms with van der Waals surface area (Å²) in [6.45, 7) is 5.55. The minimum Gasteiger partial charge on any atom is -0.492 e. The summed E-state index contributed by atoms with van der Waals surface area (Å²) in [5, 5.41) is 0. The molecule has 2 heterocycles. The molecule has 1 aliphatic carbocycles. The van der Waals surface area contributed by atoms with E-state index in [-0.39, 0.29) is 11.3 Å². The fourth-order valence-electron chi connectivity index (χ4n) is 5.93. The Kier molecular flexibility index (Phi) is 6.85. The monoisotopic (exact) mass is 506 g/mol. The minimum atomic E-state index is -4.50. The van der Waals surface area contributed by atoms with E-state index in [9.17, 15) is 13.2 Å². The maximum atomic E-state index is 15.5. The van der Waals surface area contributed by atoms with Crippen molar-refractivity contribution >= 4 is 5.57 Å². The highest BCUT2D eigenvalue weighted by Gasteiger charge is 2.45. The summed E-state index contributed by atoms with van der Waals surface area (Å²) in [4.78, 5) is 3.42. The molecule has 194 valence electrons. The van der Waals surface area contributed by atoms with Gasteiger partial charge in [0.05, 0.1) is 12.6 Å². The molecule has 0 saturated carbocycles. The first-order valence-corrected chi connectivity index (χ1v) is 12.6. The van der Waals surface area contributed by atoms with Gasteiger partial charge in [-0.2, -0.15) is 13.2 Å². The van der Waals surface area contributed by atoms with Crippen molar-refractivity contribution < 1.29 is 26.7 Å². The predicted molar refractivity (Wildman–Crippen MR) is 129 cm³/mol. The molecular formula is C28H31F5N2O. The van der Waals surface area contributed by atoms with Gasteiger partial charge in [-0.25, -0.2) is 8.78 Å².